The molecule has 0 aliphatic carbocycles. The first kappa shape index (κ1) is 7.66. The quantitative estimate of drug-likeness (QED) is 0.702. The maximum atomic E-state index is 4.07. The third-order valence-electron chi connectivity index (χ3n) is 1.47. The first-order chi connectivity index (χ1) is 6.40. The predicted octanol–water partition coefficient (Wildman–Crippen LogP) is 0.0990. The van der Waals surface area contributed by atoms with Gasteiger partial charge in [0.2, 0.25) is 5.95 Å². The van der Waals surface area contributed by atoms with E-state index in [1.807, 2.05) is 0 Å². The average Bonchev–Trinajstić information content (AvgIpc) is 2.67. The van der Waals surface area contributed by atoms with Crippen molar-refractivity contribution in [2.75, 3.05) is 12.4 Å². The standard InChI is InChI=1S/C7H8N6/c1-8-6-11-5-13(12-6)7-9-3-2-4-10-7/h2-5H,1H3,(H,8,12). The van der Waals surface area contributed by atoms with Gasteiger partial charge < -0.3 is 5.32 Å². The molecule has 2 rings (SSSR count). The van der Waals surface area contributed by atoms with E-state index in [2.05, 4.69) is 25.4 Å². The van der Waals surface area contributed by atoms with Crippen LogP contribution < -0.4 is 5.32 Å². The number of hydrogen-bond acceptors (Lipinski definition) is 5. The van der Waals surface area contributed by atoms with Gasteiger partial charge in [-0.2, -0.15) is 9.67 Å². The molecule has 13 heavy (non-hydrogen) atoms. The van der Waals surface area contributed by atoms with E-state index < -0.39 is 0 Å². The van der Waals surface area contributed by atoms with Crippen molar-refractivity contribution in [3.63, 3.8) is 0 Å². The van der Waals surface area contributed by atoms with Crippen LogP contribution >= 0.6 is 0 Å². The molecule has 0 bridgehead atoms. The Kier molecular flexibility index (Phi) is 1.87. The van der Waals surface area contributed by atoms with Crippen LogP contribution in [0.25, 0.3) is 5.95 Å². The number of anilines is 1. The van der Waals surface area contributed by atoms with E-state index in [0.717, 1.165) is 0 Å². The van der Waals surface area contributed by atoms with Crippen molar-refractivity contribution >= 4 is 5.95 Å². The SMILES string of the molecule is CNc1ncn(-c2ncccn2)n1. The summed E-state index contributed by atoms with van der Waals surface area (Å²) in [7, 11) is 1.76. The minimum absolute atomic E-state index is 0.511. The second kappa shape index (κ2) is 3.18. The minimum Gasteiger partial charge on any atom is -0.356 e. The minimum atomic E-state index is 0.511. The molecule has 0 atom stereocenters. The zero-order valence-electron chi connectivity index (χ0n) is 7.05. The lowest BCUT2D eigenvalue weighted by Gasteiger charge is -1.94. The zero-order valence-corrected chi connectivity index (χ0v) is 7.05. The molecule has 2 aromatic heterocycles. The third-order valence-corrected chi connectivity index (χ3v) is 1.47. The topological polar surface area (TPSA) is 68.5 Å². The lowest BCUT2D eigenvalue weighted by Crippen LogP contribution is -2.01. The highest BCUT2D eigenvalue weighted by Crippen LogP contribution is 1.99. The van der Waals surface area contributed by atoms with Gasteiger partial charge in [0.25, 0.3) is 5.95 Å². The molecular formula is C7H8N6. The van der Waals surface area contributed by atoms with Crippen molar-refractivity contribution in [1.82, 2.24) is 24.7 Å². The van der Waals surface area contributed by atoms with Gasteiger partial charge in [-0.05, 0) is 6.07 Å². The molecule has 66 valence electrons. The fourth-order valence-electron chi connectivity index (χ4n) is 0.884. The second-order valence-corrected chi connectivity index (χ2v) is 2.31. The summed E-state index contributed by atoms with van der Waals surface area (Å²) >= 11 is 0. The smallest absolute Gasteiger partial charge is 0.252 e. The van der Waals surface area contributed by atoms with Gasteiger partial charge in [0.1, 0.15) is 6.33 Å². The van der Waals surface area contributed by atoms with Gasteiger partial charge in [0.05, 0.1) is 0 Å². The molecule has 0 radical (unpaired) electrons. The lowest BCUT2D eigenvalue weighted by atomic mass is 10.7. The van der Waals surface area contributed by atoms with Gasteiger partial charge in [-0.25, -0.2) is 9.97 Å². The Morgan fingerprint density at radius 1 is 1.23 bits per heavy atom. The predicted molar refractivity (Wildman–Crippen MR) is 46.5 cm³/mol. The van der Waals surface area contributed by atoms with Crippen molar-refractivity contribution in [2.45, 2.75) is 0 Å². The van der Waals surface area contributed by atoms with Gasteiger partial charge in [0.15, 0.2) is 0 Å². The molecule has 0 unspecified atom stereocenters. The molecule has 0 saturated carbocycles. The van der Waals surface area contributed by atoms with Crippen molar-refractivity contribution in [3.05, 3.63) is 24.8 Å². The molecule has 2 aromatic rings. The van der Waals surface area contributed by atoms with Gasteiger partial charge in [0, 0.05) is 19.4 Å². The highest BCUT2D eigenvalue weighted by atomic mass is 15.4. The summed E-state index contributed by atoms with van der Waals surface area (Å²) in [4.78, 5) is 12.0. The summed E-state index contributed by atoms with van der Waals surface area (Å²) in [6.45, 7) is 0. The average molecular weight is 176 g/mol. The largest absolute Gasteiger partial charge is 0.356 e. The zero-order chi connectivity index (χ0) is 9.10. The Morgan fingerprint density at radius 3 is 2.62 bits per heavy atom. The fraction of sp³-hybridized carbons (Fsp3) is 0.143. The van der Waals surface area contributed by atoms with Crippen LogP contribution in [0.2, 0.25) is 0 Å². The summed E-state index contributed by atoms with van der Waals surface area (Å²) < 4.78 is 1.51. The molecule has 0 saturated heterocycles. The van der Waals surface area contributed by atoms with E-state index in [0.29, 0.717) is 11.9 Å². The monoisotopic (exact) mass is 176 g/mol. The number of nitrogens with zero attached hydrogens (tertiary/aromatic N) is 5. The molecule has 0 amide bonds. The van der Waals surface area contributed by atoms with Crippen LogP contribution in [0, 0.1) is 0 Å². The first-order valence-corrected chi connectivity index (χ1v) is 3.77. The Balaban J connectivity index is 2.36. The Hall–Kier alpha value is -1.98. The van der Waals surface area contributed by atoms with Crippen LogP contribution in [0.3, 0.4) is 0 Å². The molecule has 6 nitrogen and oxygen atoms in total. The lowest BCUT2D eigenvalue weighted by molar-refractivity contribution is 0.808. The summed E-state index contributed by atoms with van der Waals surface area (Å²) in [5, 5.41) is 6.89. The van der Waals surface area contributed by atoms with E-state index in [9.17, 15) is 0 Å². The summed E-state index contributed by atoms with van der Waals surface area (Å²) in [5.74, 6) is 1.06. The number of aromatic nitrogens is 5. The van der Waals surface area contributed by atoms with Gasteiger partial charge >= 0.3 is 0 Å². The number of hydrogen-bond donors (Lipinski definition) is 1. The van der Waals surface area contributed by atoms with Crippen molar-refractivity contribution < 1.29 is 0 Å². The molecule has 0 aliphatic rings. The van der Waals surface area contributed by atoms with Crippen molar-refractivity contribution in [2.24, 2.45) is 0 Å². The van der Waals surface area contributed by atoms with Crippen LogP contribution in [-0.4, -0.2) is 31.8 Å². The van der Waals surface area contributed by atoms with E-state index in [1.165, 1.54) is 4.68 Å². The van der Waals surface area contributed by atoms with Crippen LogP contribution in [-0.2, 0) is 0 Å². The Bertz CT molecular complexity index is 381. The van der Waals surface area contributed by atoms with E-state index in [-0.39, 0.29) is 0 Å². The second-order valence-electron chi connectivity index (χ2n) is 2.31. The number of nitrogens with one attached hydrogen (secondary N) is 1. The molecule has 2 heterocycles. The molecule has 0 aromatic carbocycles. The number of rotatable bonds is 2. The Labute approximate surface area is 74.7 Å². The summed E-state index contributed by atoms with van der Waals surface area (Å²) in [5.41, 5.74) is 0. The molecule has 0 fully saturated rings. The van der Waals surface area contributed by atoms with Crippen LogP contribution in [0.5, 0.6) is 0 Å². The van der Waals surface area contributed by atoms with Gasteiger partial charge in [-0.3, -0.25) is 0 Å². The van der Waals surface area contributed by atoms with E-state index in [1.54, 1.807) is 31.8 Å². The van der Waals surface area contributed by atoms with Gasteiger partial charge in [-0.1, -0.05) is 0 Å². The van der Waals surface area contributed by atoms with E-state index >= 15 is 0 Å². The molecule has 0 aliphatic heterocycles. The molecule has 0 spiro atoms. The van der Waals surface area contributed by atoms with Crippen molar-refractivity contribution in [3.8, 4) is 5.95 Å². The summed E-state index contributed by atoms with van der Waals surface area (Å²) in [6.07, 6.45) is 4.87. The van der Waals surface area contributed by atoms with Gasteiger partial charge in [-0.15, -0.1) is 5.10 Å². The molecule has 1 N–H and O–H groups in total. The molecular weight excluding hydrogens is 168 g/mol. The van der Waals surface area contributed by atoms with E-state index in [4.69, 9.17) is 0 Å². The maximum Gasteiger partial charge on any atom is 0.252 e. The van der Waals surface area contributed by atoms with Crippen LogP contribution in [0.4, 0.5) is 5.95 Å². The fourth-order valence-corrected chi connectivity index (χ4v) is 0.884. The van der Waals surface area contributed by atoms with Crippen LogP contribution in [0.15, 0.2) is 24.8 Å². The highest BCUT2D eigenvalue weighted by molar-refractivity contribution is 5.21. The maximum absolute atomic E-state index is 4.07. The highest BCUT2D eigenvalue weighted by Gasteiger charge is 2.01. The Morgan fingerprint density at radius 2 is 2.00 bits per heavy atom. The van der Waals surface area contributed by atoms with Crippen molar-refractivity contribution in [1.29, 1.82) is 0 Å². The third kappa shape index (κ3) is 1.46. The normalized spacial score (nSPS) is 9.92. The molecule has 6 heteroatoms. The summed E-state index contributed by atoms with van der Waals surface area (Å²) in [6, 6.07) is 1.75. The first-order valence-electron chi connectivity index (χ1n) is 3.77. The van der Waals surface area contributed by atoms with Crippen LogP contribution in [0.1, 0.15) is 0 Å².